The molecular formula is C60H52N2O4. The third-order valence-corrected chi connectivity index (χ3v) is 14.5. The van der Waals surface area contributed by atoms with E-state index in [-0.39, 0.29) is 47.3 Å². The van der Waals surface area contributed by atoms with Gasteiger partial charge in [0.15, 0.2) is 0 Å². The van der Waals surface area contributed by atoms with Gasteiger partial charge in [-0.25, -0.2) is 9.80 Å². The lowest BCUT2D eigenvalue weighted by molar-refractivity contribution is 0.0877. The van der Waals surface area contributed by atoms with Gasteiger partial charge in [0.05, 0.1) is 11.4 Å². The number of carbonyl (C=O) groups excluding carboxylic acids is 4. The van der Waals surface area contributed by atoms with Crippen molar-refractivity contribution in [1.82, 2.24) is 0 Å². The highest BCUT2D eigenvalue weighted by Crippen LogP contribution is 2.51. The van der Waals surface area contributed by atoms with Crippen molar-refractivity contribution in [3.63, 3.8) is 0 Å². The molecule has 6 nitrogen and oxygen atoms in total. The standard InChI is InChI=1S/C58H46N2O4.C2H6/c1-27(2)31-11-9-12-32(28(3)4)53(31)59-55(61)43-23-19-39-35-15-17-37-41-21-25-45-52-46(58(64)60(57(45)63)54-33(29(5)6)13-10-14-34(54)30(7)8)26-22-42(50(41)52)38-18-16-36(47(35)48(37)38)40-20-24-44(56(59)62)51(43)49(39)40;1-2/h9-30H,1-8H3;1-2H3. The molecule has 0 N–H and O–H groups in total. The zero-order chi connectivity index (χ0) is 46.4. The van der Waals surface area contributed by atoms with Crippen LogP contribution in [0.4, 0.5) is 11.4 Å². The first-order valence-corrected chi connectivity index (χ1v) is 23.6. The fraction of sp³-hybridized carbons (Fsp3) is 0.233. The second-order valence-electron chi connectivity index (χ2n) is 19.3. The molecule has 10 aromatic rings. The molecule has 0 atom stereocenters. The van der Waals surface area contributed by atoms with Crippen molar-refractivity contribution < 1.29 is 19.2 Å². The molecular weight excluding hydrogens is 813 g/mol. The predicted molar refractivity (Wildman–Crippen MR) is 274 cm³/mol. The molecule has 0 aliphatic carbocycles. The lowest BCUT2D eigenvalue weighted by Gasteiger charge is -2.33. The molecule has 2 aliphatic heterocycles. The molecule has 2 aliphatic rings. The maximum atomic E-state index is 14.8. The van der Waals surface area contributed by atoms with E-state index in [0.717, 1.165) is 86.9 Å². The minimum absolute atomic E-state index is 0.107. The van der Waals surface area contributed by atoms with Crippen LogP contribution in [0.2, 0.25) is 0 Å². The van der Waals surface area contributed by atoms with E-state index < -0.39 is 0 Å². The van der Waals surface area contributed by atoms with Crippen molar-refractivity contribution in [2.45, 2.75) is 92.9 Å². The average Bonchev–Trinajstić information content (AvgIpc) is 3.31. The maximum Gasteiger partial charge on any atom is 0.266 e. The van der Waals surface area contributed by atoms with Crippen LogP contribution in [0, 0.1) is 0 Å². The Kier molecular flexibility index (Phi) is 9.23. The normalized spacial score (nSPS) is 14.2. The highest BCUT2D eigenvalue weighted by Gasteiger charge is 2.40. The minimum Gasteiger partial charge on any atom is -0.268 e. The molecule has 0 unspecified atom stereocenters. The molecule has 0 saturated heterocycles. The van der Waals surface area contributed by atoms with E-state index >= 15 is 0 Å². The molecule has 326 valence electrons. The van der Waals surface area contributed by atoms with Crippen LogP contribution in [0.3, 0.4) is 0 Å². The van der Waals surface area contributed by atoms with Gasteiger partial charge in [0.1, 0.15) is 0 Å². The van der Waals surface area contributed by atoms with Crippen LogP contribution in [0.1, 0.15) is 157 Å². The summed E-state index contributed by atoms with van der Waals surface area (Å²) < 4.78 is 0. The molecule has 66 heavy (non-hydrogen) atoms. The molecule has 0 fully saturated rings. The van der Waals surface area contributed by atoms with Crippen molar-refractivity contribution in [2.75, 3.05) is 9.80 Å². The summed E-state index contributed by atoms with van der Waals surface area (Å²) in [5.41, 5.74) is 7.43. The first kappa shape index (κ1) is 41.5. The first-order chi connectivity index (χ1) is 31.8. The summed E-state index contributed by atoms with van der Waals surface area (Å²) in [5.74, 6) is -0.763. The number of rotatable bonds is 6. The summed E-state index contributed by atoms with van der Waals surface area (Å²) in [6.07, 6.45) is 0. The Bertz CT molecular complexity index is 3310. The second kappa shape index (κ2) is 14.7. The summed E-state index contributed by atoms with van der Waals surface area (Å²) in [5, 5.41) is 13.6. The Morgan fingerprint density at radius 1 is 0.288 bits per heavy atom. The van der Waals surface area contributed by atoms with Crippen molar-refractivity contribution >= 4 is 110 Å². The summed E-state index contributed by atoms with van der Waals surface area (Å²) in [7, 11) is 0. The van der Waals surface area contributed by atoms with E-state index in [0.29, 0.717) is 44.4 Å². The average molecular weight is 865 g/mol. The Labute approximate surface area is 384 Å². The van der Waals surface area contributed by atoms with Crippen LogP contribution in [0.25, 0.3) is 75.4 Å². The Morgan fingerprint density at radius 3 is 0.697 bits per heavy atom. The van der Waals surface area contributed by atoms with Gasteiger partial charge in [0.25, 0.3) is 23.6 Å². The van der Waals surface area contributed by atoms with Gasteiger partial charge >= 0.3 is 0 Å². The van der Waals surface area contributed by atoms with Crippen LogP contribution >= 0.6 is 0 Å². The summed E-state index contributed by atoms with van der Waals surface area (Å²) in [4.78, 5) is 62.2. The molecule has 10 aromatic carbocycles. The Hall–Kier alpha value is -7.18. The van der Waals surface area contributed by atoms with E-state index in [1.807, 2.05) is 74.5 Å². The van der Waals surface area contributed by atoms with E-state index in [1.165, 1.54) is 9.80 Å². The van der Waals surface area contributed by atoms with Crippen LogP contribution in [-0.4, -0.2) is 23.6 Å². The van der Waals surface area contributed by atoms with E-state index in [4.69, 9.17) is 0 Å². The van der Waals surface area contributed by atoms with Crippen molar-refractivity contribution in [3.8, 4) is 0 Å². The third-order valence-electron chi connectivity index (χ3n) is 14.5. The number of benzene rings is 10. The Balaban J connectivity index is 0.00000238. The molecule has 6 heteroatoms. The highest BCUT2D eigenvalue weighted by atomic mass is 16.2. The zero-order valence-electron chi connectivity index (χ0n) is 39.2. The summed E-state index contributed by atoms with van der Waals surface area (Å²) >= 11 is 0. The van der Waals surface area contributed by atoms with Crippen LogP contribution in [0.15, 0.2) is 109 Å². The lowest BCUT2D eigenvalue weighted by Crippen LogP contribution is -2.41. The van der Waals surface area contributed by atoms with E-state index in [2.05, 4.69) is 104 Å². The van der Waals surface area contributed by atoms with Gasteiger partial charge in [-0.1, -0.05) is 154 Å². The SMILES string of the molecule is CC.CC(C)c1cccc(C(C)C)c1N1C(=O)c2ccc3c4ccc5c6ccc7c8c(ccc(c9ccc(c%10ccc(c2c3%10)C1=O)c4c59)c86)C(=O)N(c1c(C(C)C)cccc1C(C)C)C7=O. The second-order valence-corrected chi connectivity index (χ2v) is 19.3. The third kappa shape index (κ3) is 5.30. The smallest absolute Gasteiger partial charge is 0.266 e. The van der Waals surface area contributed by atoms with Gasteiger partial charge in [-0.2, -0.15) is 0 Å². The monoisotopic (exact) mass is 864 g/mol. The van der Waals surface area contributed by atoms with Gasteiger partial charge < -0.3 is 0 Å². The van der Waals surface area contributed by atoms with Gasteiger partial charge in [0.2, 0.25) is 0 Å². The number of para-hydroxylation sites is 2. The first-order valence-electron chi connectivity index (χ1n) is 23.6. The lowest BCUT2D eigenvalue weighted by atomic mass is 9.80. The van der Waals surface area contributed by atoms with Crippen molar-refractivity contribution in [1.29, 1.82) is 0 Å². The minimum atomic E-state index is -0.298. The van der Waals surface area contributed by atoms with Crippen molar-refractivity contribution in [3.05, 3.63) is 154 Å². The zero-order valence-corrected chi connectivity index (χ0v) is 39.2. The molecule has 0 spiro atoms. The number of fused-ring (bicyclic) bond motifs is 4. The molecule has 0 bridgehead atoms. The number of nitrogens with zero attached hydrogens (tertiary/aromatic N) is 2. The molecule has 4 amide bonds. The summed E-state index contributed by atoms with van der Waals surface area (Å²) in [6, 6.07) is 36.8. The fourth-order valence-electron chi connectivity index (χ4n) is 11.6. The molecule has 0 radical (unpaired) electrons. The number of carbonyl (C=O) groups is 4. The topological polar surface area (TPSA) is 74.8 Å². The number of hydrogen-bond acceptors (Lipinski definition) is 4. The number of imide groups is 2. The van der Waals surface area contributed by atoms with E-state index in [1.54, 1.807) is 0 Å². The van der Waals surface area contributed by atoms with E-state index in [9.17, 15) is 19.2 Å². The van der Waals surface area contributed by atoms with Gasteiger partial charge in [0, 0.05) is 33.0 Å². The predicted octanol–water partition coefficient (Wildman–Crippen LogP) is 15.8. The molecule has 12 rings (SSSR count). The largest absolute Gasteiger partial charge is 0.268 e. The number of hydrogen-bond donors (Lipinski definition) is 0. The number of amides is 4. The van der Waals surface area contributed by atoms with Gasteiger partial charge in [-0.05, 0) is 135 Å². The maximum absolute atomic E-state index is 14.8. The molecule has 0 aromatic heterocycles. The highest BCUT2D eigenvalue weighted by molar-refractivity contribution is 6.47. The molecule has 0 saturated carbocycles. The Morgan fingerprint density at radius 2 is 0.485 bits per heavy atom. The fourth-order valence-corrected chi connectivity index (χ4v) is 11.6. The number of anilines is 2. The summed E-state index contributed by atoms with van der Waals surface area (Å²) in [6.45, 7) is 20.8. The van der Waals surface area contributed by atoms with Gasteiger partial charge in [-0.3, -0.25) is 19.2 Å². The van der Waals surface area contributed by atoms with Crippen LogP contribution in [0.5, 0.6) is 0 Å². The van der Waals surface area contributed by atoms with Crippen molar-refractivity contribution in [2.24, 2.45) is 0 Å². The quantitative estimate of drug-likeness (QED) is 0.0948. The molecule has 2 heterocycles. The van der Waals surface area contributed by atoms with Crippen LogP contribution in [-0.2, 0) is 0 Å². The van der Waals surface area contributed by atoms with Crippen LogP contribution < -0.4 is 9.80 Å². The van der Waals surface area contributed by atoms with Gasteiger partial charge in [-0.15, -0.1) is 0 Å².